The van der Waals surface area contributed by atoms with Crippen molar-refractivity contribution >= 4 is 39.4 Å². The second-order valence-electron chi connectivity index (χ2n) is 8.10. The Morgan fingerprint density at radius 1 is 0.867 bits per heavy atom. The molecular formula is C26H21ClFNO. The summed E-state index contributed by atoms with van der Waals surface area (Å²) in [6, 6.07) is 23.2. The highest BCUT2D eigenvalue weighted by molar-refractivity contribution is 6.31. The fourth-order valence-electron chi connectivity index (χ4n) is 4.59. The number of anilines is 3. The van der Waals surface area contributed by atoms with Gasteiger partial charge in [0.25, 0.3) is 0 Å². The topological polar surface area (TPSA) is 12.5 Å². The van der Waals surface area contributed by atoms with Gasteiger partial charge in [0.15, 0.2) is 0 Å². The Kier molecular flexibility index (Phi) is 4.26. The first-order chi connectivity index (χ1) is 14.4. The molecule has 0 fully saturated rings. The van der Waals surface area contributed by atoms with E-state index in [-0.39, 0.29) is 11.2 Å². The Morgan fingerprint density at radius 2 is 1.67 bits per heavy atom. The molecule has 150 valence electrons. The van der Waals surface area contributed by atoms with Crippen LogP contribution in [0.25, 0.3) is 10.8 Å². The monoisotopic (exact) mass is 417 g/mol. The molecule has 5 rings (SSSR count). The van der Waals surface area contributed by atoms with Crippen molar-refractivity contribution in [2.24, 2.45) is 0 Å². The number of fused-ring (bicyclic) bond motifs is 3. The zero-order valence-corrected chi connectivity index (χ0v) is 17.8. The first kappa shape index (κ1) is 19.0. The predicted octanol–water partition coefficient (Wildman–Crippen LogP) is 7.75. The first-order valence-electron chi connectivity index (χ1n) is 9.88. The maximum Gasteiger partial charge on any atom is 0.147 e. The number of benzene rings is 4. The third-order valence-corrected chi connectivity index (χ3v) is 6.30. The summed E-state index contributed by atoms with van der Waals surface area (Å²) in [5.41, 5.74) is 3.83. The number of nitrogens with zero attached hydrogens (tertiary/aromatic N) is 1. The summed E-state index contributed by atoms with van der Waals surface area (Å²) >= 11 is 6.43. The Bertz CT molecular complexity index is 1300. The van der Waals surface area contributed by atoms with Crippen molar-refractivity contribution in [1.29, 1.82) is 0 Å². The minimum Gasteiger partial charge on any atom is -0.495 e. The van der Waals surface area contributed by atoms with E-state index in [1.54, 1.807) is 13.2 Å². The Labute approximate surface area is 180 Å². The van der Waals surface area contributed by atoms with E-state index in [4.69, 9.17) is 16.3 Å². The molecule has 1 aliphatic rings. The highest BCUT2D eigenvalue weighted by Gasteiger charge is 2.39. The molecular weight excluding hydrogens is 397 g/mol. The zero-order chi connectivity index (χ0) is 21.0. The van der Waals surface area contributed by atoms with Gasteiger partial charge in [-0.2, -0.15) is 0 Å². The number of para-hydroxylation sites is 1. The fraction of sp³-hybridized carbons (Fsp3) is 0.154. The molecule has 0 N–H and O–H groups in total. The van der Waals surface area contributed by atoms with E-state index < -0.39 is 0 Å². The van der Waals surface area contributed by atoms with Crippen molar-refractivity contribution < 1.29 is 9.13 Å². The largest absolute Gasteiger partial charge is 0.495 e. The summed E-state index contributed by atoms with van der Waals surface area (Å²) in [5, 5.41) is 2.64. The van der Waals surface area contributed by atoms with Crippen molar-refractivity contribution in [3.05, 3.63) is 94.8 Å². The van der Waals surface area contributed by atoms with Gasteiger partial charge in [-0.05, 0) is 40.8 Å². The molecule has 0 aromatic heterocycles. The van der Waals surface area contributed by atoms with E-state index in [2.05, 4.69) is 13.8 Å². The lowest BCUT2D eigenvalue weighted by molar-refractivity contribution is 0.416. The molecule has 1 aliphatic heterocycles. The van der Waals surface area contributed by atoms with Crippen molar-refractivity contribution in [2.45, 2.75) is 19.3 Å². The van der Waals surface area contributed by atoms with Crippen LogP contribution in [-0.4, -0.2) is 7.11 Å². The van der Waals surface area contributed by atoms with E-state index in [9.17, 15) is 0 Å². The Morgan fingerprint density at radius 3 is 2.47 bits per heavy atom. The van der Waals surface area contributed by atoms with Crippen LogP contribution < -0.4 is 9.64 Å². The number of ether oxygens (including phenoxy) is 1. The third kappa shape index (κ3) is 2.62. The Balaban J connectivity index is 1.96. The van der Waals surface area contributed by atoms with Crippen LogP contribution in [0.15, 0.2) is 72.8 Å². The zero-order valence-electron chi connectivity index (χ0n) is 17.0. The number of halogens is 2. The minimum absolute atomic E-state index is 0.277. The molecule has 0 spiro atoms. The van der Waals surface area contributed by atoms with Crippen LogP contribution in [0.4, 0.5) is 21.5 Å². The molecule has 0 saturated heterocycles. The van der Waals surface area contributed by atoms with Crippen LogP contribution in [0.2, 0.25) is 5.02 Å². The molecule has 0 amide bonds. The van der Waals surface area contributed by atoms with Gasteiger partial charge in [-0.15, -0.1) is 0 Å². The molecule has 0 aliphatic carbocycles. The molecule has 0 saturated carbocycles. The molecule has 0 atom stereocenters. The predicted molar refractivity (Wildman–Crippen MR) is 122 cm³/mol. The average molecular weight is 418 g/mol. The molecule has 2 nitrogen and oxygen atoms in total. The van der Waals surface area contributed by atoms with Crippen LogP contribution in [0.3, 0.4) is 0 Å². The SMILES string of the molecule is COc1ccc2ccccc2c1N1c2cc(Cl)ccc2C(C)(C)c2cccc(F)c21. The number of hydrogen-bond acceptors (Lipinski definition) is 2. The van der Waals surface area contributed by atoms with Crippen molar-refractivity contribution in [2.75, 3.05) is 12.0 Å². The average Bonchev–Trinajstić information content (AvgIpc) is 2.74. The molecule has 0 unspecified atom stereocenters. The number of hydrogen-bond donors (Lipinski definition) is 0. The molecule has 4 aromatic rings. The van der Waals surface area contributed by atoms with Gasteiger partial charge in [0.05, 0.1) is 24.2 Å². The van der Waals surface area contributed by atoms with E-state index in [0.717, 1.165) is 33.3 Å². The molecule has 0 bridgehead atoms. The van der Waals surface area contributed by atoms with Gasteiger partial charge in [0, 0.05) is 15.8 Å². The van der Waals surface area contributed by atoms with E-state index in [1.165, 1.54) is 6.07 Å². The van der Waals surface area contributed by atoms with E-state index in [1.807, 2.05) is 65.6 Å². The van der Waals surface area contributed by atoms with Gasteiger partial charge in [-0.25, -0.2) is 4.39 Å². The number of rotatable bonds is 2. The molecule has 4 heteroatoms. The lowest BCUT2D eigenvalue weighted by Gasteiger charge is -2.42. The maximum absolute atomic E-state index is 15.5. The second kappa shape index (κ2) is 6.75. The summed E-state index contributed by atoms with van der Waals surface area (Å²) in [6.07, 6.45) is 0. The molecule has 4 aromatic carbocycles. The summed E-state index contributed by atoms with van der Waals surface area (Å²) in [5.74, 6) is 0.398. The maximum atomic E-state index is 15.5. The summed E-state index contributed by atoms with van der Waals surface area (Å²) in [7, 11) is 1.64. The van der Waals surface area contributed by atoms with Crippen LogP contribution in [0.1, 0.15) is 25.0 Å². The Hall–Kier alpha value is -3.04. The van der Waals surface area contributed by atoms with E-state index >= 15 is 4.39 Å². The standard InChI is InChI=1S/C26H21ClFNO/c1-26(2)19-13-12-17(27)15-22(19)29(25-20(26)9-6-10-21(25)28)24-18-8-5-4-7-16(18)11-14-23(24)30-3/h4-15H,1-3H3. The minimum atomic E-state index is -0.383. The third-order valence-electron chi connectivity index (χ3n) is 6.06. The van der Waals surface area contributed by atoms with Crippen LogP contribution in [0, 0.1) is 5.82 Å². The highest BCUT2D eigenvalue weighted by Crippen LogP contribution is 2.55. The van der Waals surface area contributed by atoms with Crippen molar-refractivity contribution in [3.8, 4) is 5.75 Å². The van der Waals surface area contributed by atoms with Gasteiger partial charge in [-0.1, -0.05) is 74.0 Å². The van der Waals surface area contributed by atoms with Crippen LogP contribution in [0.5, 0.6) is 5.75 Å². The quantitative estimate of drug-likeness (QED) is 0.330. The molecule has 30 heavy (non-hydrogen) atoms. The van der Waals surface area contributed by atoms with Gasteiger partial charge >= 0.3 is 0 Å². The second-order valence-corrected chi connectivity index (χ2v) is 8.53. The van der Waals surface area contributed by atoms with Crippen LogP contribution >= 0.6 is 11.6 Å². The van der Waals surface area contributed by atoms with Gasteiger partial charge in [0.1, 0.15) is 11.6 Å². The highest BCUT2D eigenvalue weighted by atomic mass is 35.5. The fourth-order valence-corrected chi connectivity index (χ4v) is 4.76. The van der Waals surface area contributed by atoms with E-state index in [0.29, 0.717) is 16.5 Å². The molecule has 0 radical (unpaired) electrons. The van der Waals surface area contributed by atoms with Crippen molar-refractivity contribution in [1.82, 2.24) is 0 Å². The van der Waals surface area contributed by atoms with Crippen LogP contribution in [-0.2, 0) is 5.41 Å². The van der Waals surface area contributed by atoms with Gasteiger partial charge in [-0.3, -0.25) is 0 Å². The smallest absolute Gasteiger partial charge is 0.147 e. The lowest BCUT2D eigenvalue weighted by atomic mass is 9.73. The lowest BCUT2D eigenvalue weighted by Crippen LogP contribution is -2.31. The van der Waals surface area contributed by atoms with Gasteiger partial charge in [0.2, 0.25) is 0 Å². The first-order valence-corrected chi connectivity index (χ1v) is 10.3. The summed E-state index contributed by atoms with van der Waals surface area (Å²) in [4.78, 5) is 1.97. The summed E-state index contributed by atoms with van der Waals surface area (Å²) < 4.78 is 21.2. The molecule has 1 heterocycles. The van der Waals surface area contributed by atoms with Crippen molar-refractivity contribution in [3.63, 3.8) is 0 Å². The summed E-state index contributed by atoms with van der Waals surface area (Å²) in [6.45, 7) is 4.24. The number of methoxy groups -OCH3 is 1. The van der Waals surface area contributed by atoms with Gasteiger partial charge < -0.3 is 9.64 Å². The normalized spacial score (nSPS) is 14.4.